The second kappa shape index (κ2) is 5.21. The molecular weight excluding hydrogens is 245 g/mol. The van der Waals surface area contributed by atoms with Gasteiger partial charge in [0.1, 0.15) is 6.10 Å². The van der Waals surface area contributed by atoms with Gasteiger partial charge in [0.05, 0.1) is 19.6 Å². The molecule has 1 aliphatic rings. The SMILES string of the molecule is O=C(O)CN(CC1CNC(=O)O1)CC(F)(F)F. The Hall–Kier alpha value is -1.51. The van der Waals surface area contributed by atoms with E-state index in [1.54, 1.807) is 0 Å². The van der Waals surface area contributed by atoms with Crippen LogP contribution < -0.4 is 5.32 Å². The maximum atomic E-state index is 12.1. The molecule has 0 radical (unpaired) electrons. The molecule has 0 aromatic carbocycles. The summed E-state index contributed by atoms with van der Waals surface area (Å²) in [5.41, 5.74) is 0. The van der Waals surface area contributed by atoms with E-state index in [1.165, 1.54) is 0 Å². The summed E-state index contributed by atoms with van der Waals surface area (Å²) in [6, 6.07) is 0. The number of alkyl carbamates (subject to hydrolysis) is 1. The highest BCUT2D eigenvalue weighted by Crippen LogP contribution is 2.17. The standard InChI is InChI=1S/C8H11F3N2O4/c9-8(10,11)4-13(3-6(14)15)2-5-1-12-7(16)17-5/h5H,1-4H2,(H,12,16)(H,14,15). The molecule has 1 saturated heterocycles. The minimum absolute atomic E-state index is 0.0762. The molecule has 17 heavy (non-hydrogen) atoms. The number of alkyl halides is 3. The molecule has 1 atom stereocenters. The Morgan fingerprint density at radius 1 is 1.59 bits per heavy atom. The van der Waals surface area contributed by atoms with Gasteiger partial charge >= 0.3 is 18.2 Å². The molecule has 98 valence electrons. The monoisotopic (exact) mass is 256 g/mol. The van der Waals surface area contributed by atoms with Crippen molar-refractivity contribution in [3.05, 3.63) is 0 Å². The topological polar surface area (TPSA) is 78.9 Å². The van der Waals surface area contributed by atoms with Gasteiger partial charge in [-0.15, -0.1) is 0 Å². The molecule has 0 bridgehead atoms. The normalized spacial score (nSPS) is 20.2. The average Bonchev–Trinajstić information content (AvgIpc) is 2.46. The number of cyclic esters (lactones) is 1. The van der Waals surface area contributed by atoms with E-state index in [2.05, 4.69) is 10.1 Å². The van der Waals surface area contributed by atoms with Gasteiger partial charge in [0.15, 0.2) is 0 Å². The molecule has 0 aromatic rings. The van der Waals surface area contributed by atoms with Gasteiger partial charge in [0.2, 0.25) is 0 Å². The van der Waals surface area contributed by atoms with Crippen molar-refractivity contribution in [1.82, 2.24) is 10.2 Å². The molecule has 0 aromatic heterocycles. The zero-order chi connectivity index (χ0) is 13.1. The number of aliphatic carboxylic acids is 1. The fourth-order valence-corrected chi connectivity index (χ4v) is 1.45. The molecule has 1 fully saturated rings. The van der Waals surface area contributed by atoms with Gasteiger partial charge in [-0.05, 0) is 0 Å². The van der Waals surface area contributed by atoms with Gasteiger partial charge in [-0.3, -0.25) is 9.69 Å². The van der Waals surface area contributed by atoms with E-state index in [0.29, 0.717) is 4.90 Å². The van der Waals surface area contributed by atoms with Crippen molar-refractivity contribution in [2.45, 2.75) is 12.3 Å². The zero-order valence-electron chi connectivity index (χ0n) is 8.66. The highest BCUT2D eigenvalue weighted by molar-refractivity contribution is 5.70. The molecule has 1 rings (SSSR count). The van der Waals surface area contributed by atoms with E-state index >= 15 is 0 Å². The van der Waals surface area contributed by atoms with E-state index in [4.69, 9.17) is 5.11 Å². The van der Waals surface area contributed by atoms with Crippen molar-refractivity contribution < 1.29 is 32.6 Å². The van der Waals surface area contributed by atoms with Crippen LogP contribution >= 0.6 is 0 Å². The van der Waals surface area contributed by atoms with Gasteiger partial charge in [-0.2, -0.15) is 13.2 Å². The Morgan fingerprint density at radius 2 is 2.24 bits per heavy atom. The number of hydrogen-bond donors (Lipinski definition) is 2. The third-order valence-electron chi connectivity index (χ3n) is 1.97. The van der Waals surface area contributed by atoms with Gasteiger partial charge in [-0.1, -0.05) is 0 Å². The van der Waals surface area contributed by atoms with Crippen LogP contribution in [0.1, 0.15) is 0 Å². The summed E-state index contributed by atoms with van der Waals surface area (Å²) in [5, 5.41) is 10.7. The summed E-state index contributed by atoms with van der Waals surface area (Å²) in [6.45, 7) is -2.31. The van der Waals surface area contributed by atoms with Crippen molar-refractivity contribution in [3.63, 3.8) is 0 Å². The number of halogens is 3. The van der Waals surface area contributed by atoms with Crippen LogP contribution in [0.2, 0.25) is 0 Å². The Bertz CT molecular complexity index is 308. The van der Waals surface area contributed by atoms with Gasteiger partial charge in [0.25, 0.3) is 0 Å². The fourth-order valence-electron chi connectivity index (χ4n) is 1.45. The van der Waals surface area contributed by atoms with Crippen LogP contribution in [-0.4, -0.2) is 60.5 Å². The summed E-state index contributed by atoms with van der Waals surface area (Å²) in [7, 11) is 0. The molecule has 0 spiro atoms. The first-order valence-corrected chi connectivity index (χ1v) is 4.71. The molecule has 1 aliphatic heterocycles. The van der Waals surface area contributed by atoms with E-state index in [9.17, 15) is 22.8 Å². The van der Waals surface area contributed by atoms with Crippen molar-refractivity contribution >= 4 is 12.1 Å². The third-order valence-corrected chi connectivity index (χ3v) is 1.97. The van der Waals surface area contributed by atoms with Gasteiger partial charge in [0, 0.05) is 6.54 Å². The number of ether oxygens (including phenoxy) is 1. The predicted molar refractivity (Wildman–Crippen MR) is 48.4 cm³/mol. The Labute approximate surface area is 94.3 Å². The van der Waals surface area contributed by atoms with Crippen LogP contribution in [-0.2, 0) is 9.53 Å². The number of hydrogen-bond acceptors (Lipinski definition) is 4. The van der Waals surface area contributed by atoms with Gasteiger partial charge < -0.3 is 15.2 Å². The number of carbonyl (C=O) groups is 2. The van der Waals surface area contributed by atoms with Crippen LogP contribution in [0.15, 0.2) is 0 Å². The molecule has 0 aliphatic carbocycles. The summed E-state index contributed by atoms with van der Waals surface area (Å²) in [4.78, 5) is 21.7. The first-order chi connectivity index (χ1) is 7.76. The summed E-state index contributed by atoms with van der Waals surface area (Å²) in [6.07, 6.45) is -5.97. The van der Waals surface area contributed by atoms with Crippen LogP contribution in [0.5, 0.6) is 0 Å². The maximum Gasteiger partial charge on any atom is 0.407 e. The minimum atomic E-state index is -4.49. The lowest BCUT2D eigenvalue weighted by molar-refractivity contribution is -0.155. The largest absolute Gasteiger partial charge is 0.480 e. The molecule has 0 saturated carbocycles. The van der Waals surface area contributed by atoms with Crippen molar-refractivity contribution in [2.24, 2.45) is 0 Å². The van der Waals surface area contributed by atoms with E-state index in [0.717, 1.165) is 0 Å². The van der Waals surface area contributed by atoms with Crippen LogP contribution in [0, 0.1) is 0 Å². The molecular formula is C8H11F3N2O4. The second-order valence-corrected chi connectivity index (χ2v) is 3.59. The lowest BCUT2D eigenvalue weighted by Gasteiger charge is -2.23. The minimum Gasteiger partial charge on any atom is -0.480 e. The summed E-state index contributed by atoms with van der Waals surface area (Å²) < 4.78 is 41.1. The van der Waals surface area contributed by atoms with E-state index in [-0.39, 0.29) is 13.1 Å². The molecule has 9 heteroatoms. The number of carboxylic acid groups (broad SMARTS) is 1. The first-order valence-electron chi connectivity index (χ1n) is 4.71. The molecule has 1 heterocycles. The Morgan fingerprint density at radius 3 is 2.65 bits per heavy atom. The third kappa shape index (κ3) is 5.38. The van der Waals surface area contributed by atoms with Crippen molar-refractivity contribution in [1.29, 1.82) is 0 Å². The predicted octanol–water partition coefficient (Wildman–Crippen LogP) is 0.0437. The fraction of sp³-hybridized carbons (Fsp3) is 0.750. The van der Waals surface area contributed by atoms with E-state index < -0.39 is 37.4 Å². The Kier molecular flexibility index (Phi) is 4.16. The number of nitrogens with zero attached hydrogens (tertiary/aromatic N) is 1. The highest BCUT2D eigenvalue weighted by Gasteiger charge is 2.34. The average molecular weight is 256 g/mol. The first kappa shape index (κ1) is 13.6. The molecule has 6 nitrogen and oxygen atoms in total. The number of nitrogens with one attached hydrogen (secondary N) is 1. The highest BCUT2D eigenvalue weighted by atomic mass is 19.4. The van der Waals surface area contributed by atoms with Crippen molar-refractivity contribution in [2.75, 3.05) is 26.2 Å². The second-order valence-electron chi connectivity index (χ2n) is 3.59. The van der Waals surface area contributed by atoms with Crippen LogP contribution in [0.4, 0.5) is 18.0 Å². The number of amides is 1. The molecule has 2 N–H and O–H groups in total. The lowest BCUT2D eigenvalue weighted by atomic mass is 10.3. The maximum absolute atomic E-state index is 12.1. The Balaban J connectivity index is 2.51. The summed E-state index contributed by atoms with van der Waals surface area (Å²) in [5.74, 6) is -1.37. The number of carbonyl (C=O) groups excluding carboxylic acids is 1. The van der Waals surface area contributed by atoms with Gasteiger partial charge in [-0.25, -0.2) is 4.79 Å². The van der Waals surface area contributed by atoms with E-state index in [1.807, 2.05) is 0 Å². The number of carboxylic acids is 1. The molecule has 1 amide bonds. The summed E-state index contributed by atoms with van der Waals surface area (Å²) >= 11 is 0. The smallest absolute Gasteiger partial charge is 0.407 e. The number of rotatable bonds is 5. The van der Waals surface area contributed by atoms with Crippen LogP contribution in [0.3, 0.4) is 0 Å². The molecule has 1 unspecified atom stereocenters. The van der Waals surface area contributed by atoms with Crippen LogP contribution in [0.25, 0.3) is 0 Å². The zero-order valence-corrected chi connectivity index (χ0v) is 8.66. The quantitative estimate of drug-likeness (QED) is 0.726. The van der Waals surface area contributed by atoms with Crippen molar-refractivity contribution in [3.8, 4) is 0 Å². The lowest BCUT2D eigenvalue weighted by Crippen LogP contribution is -2.43.